The number of aliphatic imine (C=N–C) groups is 1. The van der Waals surface area contributed by atoms with Crippen molar-refractivity contribution in [3.8, 4) is 5.75 Å². The summed E-state index contributed by atoms with van der Waals surface area (Å²) in [5, 5.41) is 22.8. The van der Waals surface area contributed by atoms with Crippen molar-refractivity contribution in [3.05, 3.63) is 76.3 Å². The average molecular weight is 464 g/mol. The van der Waals surface area contributed by atoms with Crippen LogP contribution in [0.1, 0.15) is 21.5 Å². The highest BCUT2D eigenvalue weighted by Gasteiger charge is 2.25. The molecule has 0 saturated carbocycles. The summed E-state index contributed by atoms with van der Waals surface area (Å²) in [5.41, 5.74) is 2.28. The van der Waals surface area contributed by atoms with Gasteiger partial charge in [-0.25, -0.2) is 4.79 Å². The Hall–Kier alpha value is -3.69. The zero-order chi connectivity index (χ0) is 23.4. The van der Waals surface area contributed by atoms with Gasteiger partial charge in [-0.05, 0) is 47.5 Å². The molecule has 2 heterocycles. The number of fused-ring (bicyclic) bond motifs is 1. The van der Waals surface area contributed by atoms with Crippen molar-refractivity contribution in [2.24, 2.45) is 4.99 Å². The van der Waals surface area contributed by atoms with E-state index in [1.54, 1.807) is 24.3 Å². The van der Waals surface area contributed by atoms with Gasteiger partial charge >= 0.3 is 5.97 Å². The van der Waals surface area contributed by atoms with Gasteiger partial charge in [0.25, 0.3) is 5.91 Å². The van der Waals surface area contributed by atoms with Crippen LogP contribution in [0, 0.1) is 0 Å². The number of amides is 1. The second-order valence-corrected chi connectivity index (χ2v) is 8.34. The van der Waals surface area contributed by atoms with E-state index in [9.17, 15) is 19.8 Å². The van der Waals surface area contributed by atoms with Crippen LogP contribution in [0.2, 0.25) is 0 Å². The van der Waals surface area contributed by atoms with E-state index in [2.05, 4.69) is 15.3 Å². The minimum absolute atomic E-state index is 0.0364. The number of benzene rings is 2. The first-order chi connectivity index (χ1) is 16.0. The molecule has 1 aromatic heterocycles. The Labute approximate surface area is 194 Å². The molecule has 0 radical (unpaired) electrons. The summed E-state index contributed by atoms with van der Waals surface area (Å²) in [6, 6.07) is 14.6. The maximum Gasteiger partial charge on any atom is 0.341 e. The van der Waals surface area contributed by atoms with Crippen LogP contribution in [0.3, 0.4) is 0 Å². The Kier molecular flexibility index (Phi) is 6.71. The molecule has 168 valence electrons. The van der Waals surface area contributed by atoms with Crippen LogP contribution in [0.5, 0.6) is 5.75 Å². The van der Waals surface area contributed by atoms with E-state index >= 15 is 0 Å². The summed E-state index contributed by atoms with van der Waals surface area (Å²) in [7, 11) is 1.41. The van der Waals surface area contributed by atoms with Gasteiger partial charge in [0.05, 0.1) is 30.2 Å². The molecule has 2 aromatic carbocycles. The number of methoxy groups -OCH3 is 1. The van der Waals surface area contributed by atoms with E-state index in [1.165, 1.54) is 25.1 Å². The van der Waals surface area contributed by atoms with Crippen LogP contribution in [0.15, 0.2) is 64.6 Å². The molecule has 0 aliphatic carbocycles. The monoisotopic (exact) mass is 463 g/mol. The van der Waals surface area contributed by atoms with Gasteiger partial charge < -0.3 is 20.3 Å². The van der Waals surface area contributed by atoms with Crippen molar-refractivity contribution < 1.29 is 24.5 Å². The molecule has 33 heavy (non-hydrogen) atoms. The molecule has 1 amide bonds. The molecule has 8 nitrogen and oxygen atoms in total. The van der Waals surface area contributed by atoms with Gasteiger partial charge in [0.1, 0.15) is 11.3 Å². The second kappa shape index (κ2) is 9.85. The van der Waals surface area contributed by atoms with Crippen molar-refractivity contribution in [1.29, 1.82) is 0 Å². The van der Waals surface area contributed by atoms with E-state index < -0.39 is 5.97 Å². The minimum Gasteiger partial charge on any atom is -0.495 e. The van der Waals surface area contributed by atoms with E-state index in [-0.39, 0.29) is 29.9 Å². The van der Waals surface area contributed by atoms with Crippen molar-refractivity contribution >= 4 is 45.8 Å². The largest absolute Gasteiger partial charge is 0.495 e. The highest BCUT2D eigenvalue weighted by atomic mass is 32.2. The van der Waals surface area contributed by atoms with Crippen LogP contribution in [-0.4, -0.2) is 52.0 Å². The number of aliphatic hydroxyl groups is 1. The Morgan fingerprint density at radius 3 is 2.76 bits per heavy atom. The molecule has 1 saturated heterocycles. The van der Waals surface area contributed by atoms with Crippen molar-refractivity contribution in [1.82, 2.24) is 10.3 Å². The fraction of sp³-hybridized carbons (Fsp3) is 0.167. The number of aromatic nitrogens is 1. The number of pyridine rings is 1. The number of nitrogens with zero attached hydrogens (tertiary/aromatic N) is 2. The predicted octanol–water partition coefficient (Wildman–Crippen LogP) is 3.11. The standard InChI is InChI=1S/C24H21N3O5S/c1-32-21-17-10-15(7-8-19(17)25-12-18(21)23(30)31)11-20-22(29)27-24(33-20)26-16(13-28)9-14-5-3-2-4-6-14/h2-8,10-12,16,28H,9,13H2,1H3,(H,30,31)(H,26,27,29)/b20-11-/t16-/m1/s1. The summed E-state index contributed by atoms with van der Waals surface area (Å²) in [6.45, 7) is -0.142. The minimum atomic E-state index is -1.13. The van der Waals surface area contributed by atoms with Crippen LogP contribution in [0.4, 0.5) is 0 Å². The fourth-order valence-corrected chi connectivity index (χ4v) is 4.38. The van der Waals surface area contributed by atoms with E-state index in [4.69, 9.17) is 4.74 Å². The number of amidine groups is 1. The van der Waals surface area contributed by atoms with Gasteiger partial charge in [0.15, 0.2) is 5.17 Å². The molecular weight excluding hydrogens is 442 g/mol. The molecule has 0 spiro atoms. The third-order valence-corrected chi connectivity index (χ3v) is 5.97. The zero-order valence-electron chi connectivity index (χ0n) is 17.7. The Morgan fingerprint density at radius 2 is 2.06 bits per heavy atom. The number of carbonyl (C=O) groups is 2. The van der Waals surface area contributed by atoms with Gasteiger partial charge in [-0.2, -0.15) is 0 Å². The average Bonchev–Trinajstić information content (AvgIpc) is 3.16. The number of carbonyl (C=O) groups excluding carboxylic acids is 1. The number of hydrogen-bond acceptors (Lipinski definition) is 7. The smallest absolute Gasteiger partial charge is 0.341 e. The van der Waals surface area contributed by atoms with Crippen LogP contribution >= 0.6 is 11.8 Å². The number of hydrogen-bond donors (Lipinski definition) is 3. The molecule has 1 aliphatic rings. The molecule has 1 aliphatic heterocycles. The number of carboxylic acid groups (broad SMARTS) is 1. The fourth-order valence-electron chi connectivity index (χ4n) is 3.49. The van der Waals surface area contributed by atoms with E-state index in [1.807, 2.05) is 30.3 Å². The lowest BCUT2D eigenvalue weighted by atomic mass is 10.1. The predicted molar refractivity (Wildman–Crippen MR) is 127 cm³/mol. The quantitative estimate of drug-likeness (QED) is 0.460. The summed E-state index contributed by atoms with van der Waals surface area (Å²) >= 11 is 1.19. The molecule has 0 bridgehead atoms. The Balaban J connectivity index is 1.59. The maximum atomic E-state index is 12.5. The van der Waals surface area contributed by atoms with Crippen molar-refractivity contribution in [2.45, 2.75) is 12.5 Å². The number of carboxylic acids is 1. The van der Waals surface area contributed by atoms with Gasteiger partial charge in [-0.3, -0.25) is 14.8 Å². The lowest BCUT2D eigenvalue weighted by Crippen LogP contribution is -2.23. The molecule has 1 atom stereocenters. The number of aliphatic hydroxyl groups excluding tert-OH is 1. The summed E-state index contributed by atoms with van der Waals surface area (Å²) in [4.78, 5) is 33.1. The third kappa shape index (κ3) is 5.05. The Bertz CT molecular complexity index is 1270. The number of rotatable bonds is 7. The lowest BCUT2D eigenvalue weighted by molar-refractivity contribution is -0.115. The third-order valence-electron chi connectivity index (χ3n) is 5.05. The van der Waals surface area contributed by atoms with Gasteiger partial charge in [0, 0.05) is 11.6 Å². The molecule has 9 heteroatoms. The number of thioether (sulfide) groups is 1. The van der Waals surface area contributed by atoms with Gasteiger partial charge in [0.2, 0.25) is 0 Å². The first-order valence-corrected chi connectivity index (χ1v) is 10.9. The molecule has 0 unspecified atom stereocenters. The molecule has 1 fully saturated rings. The lowest BCUT2D eigenvalue weighted by Gasteiger charge is -2.10. The topological polar surface area (TPSA) is 121 Å². The first kappa shape index (κ1) is 22.5. The molecule has 3 N–H and O–H groups in total. The maximum absolute atomic E-state index is 12.5. The SMILES string of the molecule is COc1c(C(=O)O)cnc2ccc(/C=C3\SC(=N[C@@H](CO)Cc4ccccc4)NC3=O)cc12. The van der Waals surface area contributed by atoms with Crippen LogP contribution in [-0.2, 0) is 11.2 Å². The summed E-state index contributed by atoms with van der Waals surface area (Å²) in [5.74, 6) is -1.21. The molecule has 3 aromatic rings. The van der Waals surface area contributed by atoms with Crippen LogP contribution in [0.25, 0.3) is 17.0 Å². The normalized spacial score (nSPS) is 16.8. The highest BCUT2D eigenvalue weighted by molar-refractivity contribution is 8.18. The number of aromatic carboxylic acids is 1. The van der Waals surface area contributed by atoms with Gasteiger partial charge in [-0.1, -0.05) is 36.4 Å². The number of nitrogens with one attached hydrogen (secondary N) is 1. The highest BCUT2D eigenvalue weighted by Crippen LogP contribution is 2.31. The second-order valence-electron chi connectivity index (χ2n) is 7.31. The number of ether oxygens (including phenoxy) is 1. The molecule has 4 rings (SSSR count). The van der Waals surface area contributed by atoms with Crippen LogP contribution < -0.4 is 10.1 Å². The first-order valence-electron chi connectivity index (χ1n) is 10.1. The van der Waals surface area contributed by atoms with Gasteiger partial charge in [-0.15, -0.1) is 0 Å². The van der Waals surface area contributed by atoms with Crippen molar-refractivity contribution in [2.75, 3.05) is 13.7 Å². The molecular formula is C24H21N3O5S. The van der Waals surface area contributed by atoms with E-state index in [0.29, 0.717) is 33.0 Å². The zero-order valence-corrected chi connectivity index (χ0v) is 18.5. The van der Waals surface area contributed by atoms with Crippen molar-refractivity contribution in [3.63, 3.8) is 0 Å². The summed E-state index contributed by atoms with van der Waals surface area (Å²) in [6.07, 6.45) is 3.51. The van der Waals surface area contributed by atoms with E-state index in [0.717, 1.165) is 5.56 Å². The Morgan fingerprint density at radius 1 is 1.27 bits per heavy atom. The summed E-state index contributed by atoms with van der Waals surface area (Å²) < 4.78 is 5.32.